The Balaban J connectivity index is 0. The van der Waals surface area contributed by atoms with Crippen molar-refractivity contribution in [3.63, 3.8) is 0 Å². The van der Waals surface area contributed by atoms with Crippen LogP contribution in [0.15, 0.2) is 90.7 Å². The van der Waals surface area contributed by atoms with E-state index in [0.717, 1.165) is 29.3 Å². The summed E-state index contributed by atoms with van der Waals surface area (Å²) >= 11 is 13.6. The summed E-state index contributed by atoms with van der Waals surface area (Å²) in [6.07, 6.45) is 0. The molecule has 0 aliphatic rings. The first-order chi connectivity index (χ1) is 14.5. The van der Waals surface area contributed by atoms with Gasteiger partial charge in [-0.25, -0.2) is 0 Å². The number of hydrogen-bond donors (Lipinski definition) is 1. The molecule has 0 heterocycles. The average Bonchev–Trinajstić information content (AvgIpc) is 2.68. The normalized spacial score (nSPS) is 9.47. The maximum absolute atomic E-state index is 10.1. The minimum atomic E-state index is -0.750. The van der Waals surface area contributed by atoms with Gasteiger partial charge in [-0.3, -0.25) is 0 Å². The van der Waals surface area contributed by atoms with E-state index in [-0.39, 0.29) is 29.6 Å². The van der Waals surface area contributed by atoms with Crippen molar-refractivity contribution in [2.75, 3.05) is 19.0 Å². The molecule has 2 N–H and O–H groups in total. The molecule has 3 aromatic carbocycles. The van der Waals surface area contributed by atoms with E-state index in [4.69, 9.17) is 0 Å². The van der Waals surface area contributed by atoms with Gasteiger partial charge in [0.05, 0.1) is 0 Å². The van der Waals surface area contributed by atoms with Crippen molar-refractivity contribution in [3.8, 4) is 0 Å². The monoisotopic (exact) mass is 700 g/mol. The summed E-state index contributed by atoms with van der Waals surface area (Å²) in [7, 11) is 3.56. The molecular weight excluding hydrogens is 675 g/mol. The summed E-state index contributed by atoms with van der Waals surface area (Å²) in [6.45, 7) is 4.90. The van der Waals surface area contributed by atoms with Crippen LogP contribution in [-0.2, 0) is 0 Å². The van der Waals surface area contributed by atoms with Crippen LogP contribution in [0.4, 0.5) is 11.4 Å². The fraction of sp³-hybridized carbons (Fsp3) is 0.250. The fourth-order valence-electron chi connectivity index (χ4n) is 1.98. The van der Waals surface area contributed by atoms with Gasteiger partial charge in [-0.1, -0.05) is 103 Å². The van der Waals surface area contributed by atoms with Crippen LogP contribution >= 0.6 is 63.7 Å². The summed E-state index contributed by atoms with van der Waals surface area (Å²) in [5.74, 6) is 0. The molecule has 0 aromatic heterocycles. The number of hydrogen-bond acceptors (Lipinski definition) is 3. The van der Waals surface area contributed by atoms with E-state index in [0.29, 0.717) is 0 Å². The van der Waals surface area contributed by atoms with E-state index in [9.17, 15) is 5.11 Å². The Hall–Kier alpha value is 0.300. The summed E-state index contributed by atoms with van der Waals surface area (Å²) in [5, 5.41) is 10.1. The topological polar surface area (TPSA) is 52.3 Å². The van der Waals surface area contributed by atoms with Crippen LogP contribution in [0.2, 0.25) is 0 Å². The molecule has 0 amide bonds. The van der Waals surface area contributed by atoms with Gasteiger partial charge < -0.3 is 15.7 Å². The minimum Gasteiger partial charge on any atom is -0.850 e. The molecule has 8 heteroatoms. The van der Waals surface area contributed by atoms with Crippen LogP contribution < -0.4 is 45.3 Å². The number of anilines is 2. The Labute approximate surface area is 249 Å². The molecule has 3 rings (SSSR count). The van der Waals surface area contributed by atoms with E-state index in [1.807, 2.05) is 48.5 Å². The zero-order chi connectivity index (χ0) is 24.0. The van der Waals surface area contributed by atoms with Gasteiger partial charge in [0.15, 0.2) is 0 Å². The molecule has 0 spiro atoms. The number of benzene rings is 3. The first kappa shape index (κ1) is 34.5. The van der Waals surface area contributed by atoms with Gasteiger partial charge in [-0.05, 0) is 61.6 Å². The number of nitrogens with two attached hydrogens (primary N) is 1. The Kier molecular flexibility index (Phi) is 20.0. The quantitative estimate of drug-likeness (QED) is 0.386. The maximum atomic E-state index is 10.1. The van der Waals surface area contributed by atoms with Crippen LogP contribution in [0.1, 0.15) is 20.8 Å². The molecule has 0 aliphatic carbocycles. The van der Waals surface area contributed by atoms with E-state index < -0.39 is 5.60 Å². The Morgan fingerprint density at radius 1 is 0.656 bits per heavy atom. The molecule has 0 unspecified atom stereocenters. The Morgan fingerprint density at radius 2 is 0.906 bits per heavy atom. The van der Waals surface area contributed by atoms with Gasteiger partial charge >= 0.3 is 29.6 Å². The molecule has 0 saturated carbocycles. The Morgan fingerprint density at radius 3 is 1.12 bits per heavy atom. The van der Waals surface area contributed by atoms with Crippen molar-refractivity contribution in [2.24, 2.45) is 5.73 Å². The molecule has 0 aliphatic heterocycles. The molecule has 0 saturated heterocycles. The van der Waals surface area contributed by atoms with Crippen LogP contribution in [0.3, 0.4) is 0 Å². The van der Waals surface area contributed by atoms with E-state index in [1.165, 1.54) is 7.05 Å². The van der Waals surface area contributed by atoms with Crippen molar-refractivity contribution in [3.05, 3.63) is 90.7 Å². The smallest absolute Gasteiger partial charge is 0.850 e. The SMILES string of the molecule is Brc1cccc(Br)c1.CC(C)(C)[O-].CN.CN(c1cccc(Br)c1)c1cccc(Br)c1.[Na+]. The number of nitrogens with zero attached hydrogens (tertiary/aromatic N) is 1. The van der Waals surface area contributed by atoms with Crippen molar-refractivity contribution in [2.45, 2.75) is 26.4 Å². The Bertz CT molecular complexity index is 836. The van der Waals surface area contributed by atoms with E-state index in [1.54, 1.807) is 20.8 Å². The third kappa shape index (κ3) is 17.7. The molecule has 3 aromatic rings. The molecule has 3 nitrogen and oxygen atoms in total. The molecule has 0 bridgehead atoms. The molecular formula is C24H29Br4N2NaO. The zero-order valence-electron chi connectivity index (χ0n) is 19.4. The predicted molar refractivity (Wildman–Crippen MR) is 148 cm³/mol. The standard InChI is InChI=1S/C13H11Br2N.C6H4Br2.C4H9O.CH5N.Na/c1-16(12-6-2-4-10(14)8-12)13-7-3-5-11(15)9-13;7-5-2-1-3-6(8)4-5;1-4(2,3)5;1-2;/h2-9H,1H3;1-4H;1-3H3;2H2,1H3;/q;;-1;;+1. The summed E-state index contributed by atoms with van der Waals surface area (Å²) in [5.41, 5.74) is 6.07. The third-order valence-electron chi connectivity index (χ3n) is 3.18. The van der Waals surface area contributed by atoms with Crippen molar-refractivity contribution >= 4 is 75.1 Å². The average molecular weight is 704 g/mol. The molecule has 170 valence electrons. The van der Waals surface area contributed by atoms with Crippen molar-refractivity contribution in [1.29, 1.82) is 0 Å². The van der Waals surface area contributed by atoms with E-state index >= 15 is 0 Å². The minimum absolute atomic E-state index is 0. The van der Waals surface area contributed by atoms with Crippen molar-refractivity contribution < 1.29 is 34.7 Å². The van der Waals surface area contributed by atoms with Gasteiger partial charge in [0, 0.05) is 36.3 Å². The van der Waals surface area contributed by atoms with Gasteiger partial charge in [-0.2, -0.15) is 0 Å². The largest absolute Gasteiger partial charge is 1.00 e. The molecule has 32 heavy (non-hydrogen) atoms. The second kappa shape index (κ2) is 18.6. The zero-order valence-corrected chi connectivity index (χ0v) is 27.7. The maximum Gasteiger partial charge on any atom is 1.00 e. The van der Waals surface area contributed by atoms with Crippen LogP contribution in [0.25, 0.3) is 0 Å². The van der Waals surface area contributed by atoms with Crippen molar-refractivity contribution in [1.82, 2.24) is 0 Å². The first-order valence-corrected chi connectivity index (χ1v) is 12.6. The van der Waals surface area contributed by atoms with Gasteiger partial charge in [0.1, 0.15) is 0 Å². The molecule has 0 radical (unpaired) electrons. The summed E-state index contributed by atoms with van der Waals surface area (Å²) in [4.78, 5) is 2.15. The van der Waals surface area contributed by atoms with Gasteiger partial charge in [0.25, 0.3) is 0 Å². The van der Waals surface area contributed by atoms with Crippen LogP contribution in [0, 0.1) is 0 Å². The van der Waals surface area contributed by atoms with E-state index in [2.05, 4.69) is 106 Å². The van der Waals surface area contributed by atoms with Crippen LogP contribution in [0.5, 0.6) is 0 Å². The summed E-state index contributed by atoms with van der Waals surface area (Å²) < 4.78 is 4.39. The third-order valence-corrected chi connectivity index (χ3v) is 5.15. The van der Waals surface area contributed by atoms with Gasteiger partial charge in [-0.15, -0.1) is 5.60 Å². The summed E-state index contributed by atoms with van der Waals surface area (Å²) in [6, 6.07) is 24.5. The first-order valence-electron chi connectivity index (χ1n) is 9.40. The molecule has 0 fully saturated rings. The second-order valence-corrected chi connectivity index (χ2v) is 10.7. The second-order valence-electron chi connectivity index (χ2n) is 7.07. The van der Waals surface area contributed by atoms with Crippen LogP contribution in [-0.4, -0.2) is 19.7 Å². The molecule has 0 atom stereocenters. The number of rotatable bonds is 2. The predicted octanol–water partition coefficient (Wildman–Crippen LogP) is 4.92. The number of halogens is 4. The fourth-order valence-corrected chi connectivity index (χ4v) is 3.86. The van der Waals surface area contributed by atoms with Gasteiger partial charge in [0.2, 0.25) is 0 Å².